The fraction of sp³-hybridized carbons (Fsp3) is 0.571. The van der Waals surface area contributed by atoms with Crippen molar-refractivity contribution in [2.24, 2.45) is 4.99 Å². The zero-order valence-electron chi connectivity index (χ0n) is 13.1. The molecule has 0 fully saturated rings. The second kappa shape index (κ2) is 13.4. The fourth-order valence-corrected chi connectivity index (χ4v) is 1.56. The number of amides is 1. The summed E-state index contributed by atoms with van der Waals surface area (Å²) in [6, 6.07) is 3.31. The van der Waals surface area contributed by atoms with Crippen molar-refractivity contribution in [2.75, 3.05) is 39.4 Å². The van der Waals surface area contributed by atoms with Crippen molar-refractivity contribution in [3.8, 4) is 0 Å². The molecule has 0 aromatic carbocycles. The van der Waals surface area contributed by atoms with Gasteiger partial charge in [0.15, 0.2) is 11.7 Å². The lowest BCUT2D eigenvalue weighted by atomic mass is 10.4. The second-order valence-electron chi connectivity index (χ2n) is 4.12. The van der Waals surface area contributed by atoms with Crippen LogP contribution in [0.2, 0.25) is 0 Å². The number of halogens is 1. The van der Waals surface area contributed by atoms with Gasteiger partial charge in [-0.15, -0.1) is 24.0 Å². The van der Waals surface area contributed by atoms with Gasteiger partial charge in [0.1, 0.15) is 0 Å². The maximum absolute atomic E-state index is 11.6. The third-order valence-corrected chi connectivity index (χ3v) is 2.50. The quantitative estimate of drug-likeness (QED) is 0.240. The summed E-state index contributed by atoms with van der Waals surface area (Å²) in [6.45, 7) is 7.68. The molecule has 7 nitrogen and oxygen atoms in total. The Hall–Kier alpha value is -1.29. The van der Waals surface area contributed by atoms with Crippen LogP contribution in [0.4, 0.5) is 0 Å². The van der Waals surface area contributed by atoms with Crippen LogP contribution in [0.5, 0.6) is 0 Å². The highest BCUT2D eigenvalue weighted by molar-refractivity contribution is 14.0. The van der Waals surface area contributed by atoms with Crippen molar-refractivity contribution in [3.05, 3.63) is 24.2 Å². The molecule has 0 saturated heterocycles. The highest BCUT2D eigenvalue weighted by Gasteiger charge is 2.06. The maximum atomic E-state index is 11.6. The van der Waals surface area contributed by atoms with Crippen LogP contribution < -0.4 is 16.0 Å². The highest BCUT2D eigenvalue weighted by atomic mass is 127. The lowest BCUT2D eigenvalue weighted by molar-refractivity contribution is 0.0926. The van der Waals surface area contributed by atoms with Gasteiger partial charge in [-0.1, -0.05) is 0 Å². The van der Waals surface area contributed by atoms with E-state index < -0.39 is 0 Å². The van der Waals surface area contributed by atoms with Crippen LogP contribution in [-0.2, 0) is 4.74 Å². The van der Waals surface area contributed by atoms with Gasteiger partial charge in [-0.3, -0.25) is 9.79 Å². The SMILES string of the molecule is CCNC(=NCCOCC)NCCNC(=O)c1ccco1.I. The van der Waals surface area contributed by atoms with Crippen LogP contribution in [0, 0.1) is 0 Å². The van der Waals surface area contributed by atoms with Gasteiger partial charge in [0.05, 0.1) is 19.4 Å². The minimum atomic E-state index is -0.222. The fourth-order valence-electron chi connectivity index (χ4n) is 1.56. The molecular formula is C14H25IN4O3. The summed E-state index contributed by atoms with van der Waals surface area (Å²) < 4.78 is 10.2. The Morgan fingerprint density at radius 3 is 2.68 bits per heavy atom. The predicted octanol–water partition coefficient (Wildman–Crippen LogP) is 1.22. The number of ether oxygens (including phenoxy) is 1. The first kappa shape index (κ1) is 20.7. The van der Waals surface area contributed by atoms with E-state index in [1.165, 1.54) is 6.26 Å². The number of rotatable bonds is 9. The first-order valence-electron chi connectivity index (χ1n) is 7.19. The number of hydrogen-bond acceptors (Lipinski definition) is 4. The van der Waals surface area contributed by atoms with Crippen LogP contribution in [0.15, 0.2) is 27.8 Å². The predicted molar refractivity (Wildman–Crippen MR) is 96.9 cm³/mol. The van der Waals surface area contributed by atoms with Crippen molar-refractivity contribution in [1.82, 2.24) is 16.0 Å². The highest BCUT2D eigenvalue weighted by Crippen LogP contribution is 1.98. The Morgan fingerprint density at radius 2 is 2.05 bits per heavy atom. The molecule has 22 heavy (non-hydrogen) atoms. The van der Waals surface area contributed by atoms with Gasteiger partial charge in [0.25, 0.3) is 5.91 Å². The Bertz CT molecular complexity index is 424. The molecule has 1 amide bonds. The van der Waals surface area contributed by atoms with E-state index in [2.05, 4.69) is 20.9 Å². The number of carbonyl (C=O) groups is 1. The summed E-state index contributed by atoms with van der Waals surface area (Å²) in [5, 5.41) is 9.02. The molecule has 126 valence electrons. The van der Waals surface area contributed by atoms with E-state index in [9.17, 15) is 4.79 Å². The summed E-state index contributed by atoms with van der Waals surface area (Å²) in [7, 11) is 0. The number of nitrogens with zero attached hydrogens (tertiary/aromatic N) is 1. The van der Waals surface area contributed by atoms with Crippen LogP contribution in [0.3, 0.4) is 0 Å². The average molecular weight is 424 g/mol. The summed E-state index contributed by atoms with van der Waals surface area (Å²) in [4.78, 5) is 16.0. The van der Waals surface area contributed by atoms with E-state index in [-0.39, 0.29) is 29.9 Å². The lowest BCUT2D eigenvalue weighted by Crippen LogP contribution is -2.41. The monoisotopic (exact) mass is 424 g/mol. The normalized spacial score (nSPS) is 10.7. The molecule has 0 bridgehead atoms. The summed E-state index contributed by atoms with van der Waals surface area (Å²) in [6.07, 6.45) is 1.47. The van der Waals surface area contributed by atoms with Crippen molar-refractivity contribution in [3.63, 3.8) is 0 Å². The van der Waals surface area contributed by atoms with E-state index in [4.69, 9.17) is 9.15 Å². The molecule has 3 N–H and O–H groups in total. The molecule has 0 radical (unpaired) electrons. The Morgan fingerprint density at radius 1 is 1.27 bits per heavy atom. The molecule has 0 aliphatic rings. The third kappa shape index (κ3) is 8.88. The second-order valence-corrected chi connectivity index (χ2v) is 4.12. The van der Waals surface area contributed by atoms with Gasteiger partial charge < -0.3 is 25.1 Å². The van der Waals surface area contributed by atoms with Crippen LogP contribution in [0.1, 0.15) is 24.4 Å². The van der Waals surface area contributed by atoms with Crippen molar-refractivity contribution in [1.29, 1.82) is 0 Å². The summed E-state index contributed by atoms with van der Waals surface area (Å²) >= 11 is 0. The summed E-state index contributed by atoms with van der Waals surface area (Å²) in [5.41, 5.74) is 0. The smallest absolute Gasteiger partial charge is 0.287 e. The lowest BCUT2D eigenvalue weighted by Gasteiger charge is -2.11. The van der Waals surface area contributed by atoms with E-state index >= 15 is 0 Å². The molecule has 1 rings (SSSR count). The van der Waals surface area contributed by atoms with Crippen molar-refractivity contribution < 1.29 is 13.9 Å². The van der Waals surface area contributed by atoms with Gasteiger partial charge >= 0.3 is 0 Å². The standard InChI is InChI=1S/C14H24N4O3.HI/c1-3-15-14(18-9-11-20-4-2)17-8-7-16-13(19)12-6-5-10-21-12;/h5-6,10H,3-4,7-9,11H2,1-2H3,(H,16,19)(H2,15,17,18);1H. The average Bonchev–Trinajstić information content (AvgIpc) is 3.02. The molecule has 8 heteroatoms. The topological polar surface area (TPSA) is 87.9 Å². The van der Waals surface area contributed by atoms with Crippen LogP contribution in [0.25, 0.3) is 0 Å². The molecule has 1 aromatic rings. The number of guanidine groups is 1. The van der Waals surface area contributed by atoms with E-state index in [1.54, 1.807) is 12.1 Å². The number of hydrogen-bond donors (Lipinski definition) is 3. The molecule has 1 aromatic heterocycles. The molecular weight excluding hydrogens is 399 g/mol. The molecule has 0 saturated carbocycles. The minimum absolute atomic E-state index is 0. The van der Waals surface area contributed by atoms with E-state index in [0.29, 0.717) is 44.6 Å². The maximum Gasteiger partial charge on any atom is 0.287 e. The largest absolute Gasteiger partial charge is 0.459 e. The minimum Gasteiger partial charge on any atom is -0.459 e. The number of furan rings is 1. The van der Waals surface area contributed by atoms with Crippen LogP contribution >= 0.6 is 24.0 Å². The zero-order valence-corrected chi connectivity index (χ0v) is 15.4. The molecule has 0 unspecified atom stereocenters. The van der Waals surface area contributed by atoms with Crippen molar-refractivity contribution in [2.45, 2.75) is 13.8 Å². The number of carbonyl (C=O) groups excluding carboxylic acids is 1. The van der Waals surface area contributed by atoms with Crippen LogP contribution in [-0.4, -0.2) is 51.3 Å². The molecule has 0 aliphatic heterocycles. The third-order valence-electron chi connectivity index (χ3n) is 2.50. The number of aliphatic imine (C=N–C) groups is 1. The van der Waals surface area contributed by atoms with Gasteiger partial charge in [0.2, 0.25) is 0 Å². The van der Waals surface area contributed by atoms with Gasteiger partial charge in [0, 0.05) is 26.2 Å². The first-order chi connectivity index (χ1) is 10.3. The molecule has 0 atom stereocenters. The van der Waals surface area contributed by atoms with E-state index in [0.717, 1.165) is 6.54 Å². The zero-order chi connectivity index (χ0) is 15.3. The van der Waals surface area contributed by atoms with Crippen molar-refractivity contribution >= 4 is 35.8 Å². The van der Waals surface area contributed by atoms with Gasteiger partial charge in [-0.25, -0.2) is 0 Å². The molecule has 0 aliphatic carbocycles. The Balaban J connectivity index is 0.00000441. The molecule has 1 heterocycles. The first-order valence-corrected chi connectivity index (χ1v) is 7.19. The summed E-state index contributed by atoms with van der Waals surface area (Å²) in [5.74, 6) is 0.803. The van der Waals surface area contributed by atoms with Gasteiger partial charge in [-0.2, -0.15) is 0 Å². The Kier molecular flexibility index (Phi) is 12.6. The number of nitrogens with one attached hydrogen (secondary N) is 3. The Labute approximate surface area is 148 Å². The molecule has 0 spiro atoms. The van der Waals surface area contributed by atoms with E-state index in [1.807, 2.05) is 13.8 Å². The van der Waals surface area contributed by atoms with Gasteiger partial charge in [-0.05, 0) is 26.0 Å².